The van der Waals surface area contributed by atoms with Gasteiger partial charge >= 0.3 is 6.03 Å². The predicted octanol–water partition coefficient (Wildman–Crippen LogP) is 1.10. The molecule has 1 aromatic rings. The van der Waals surface area contributed by atoms with Crippen LogP contribution in [0.25, 0.3) is 0 Å². The molecular formula is C15H21N3O2. The molecule has 3 amide bonds. The Morgan fingerprint density at radius 2 is 1.90 bits per heavy atom. The van der Waals surface area contributed by atoms with Crippen molar-refractivity contribution in [3.05, 3.63) is 35.9 Å². The molecule has 1 saturated heterocycles. The van der Waals surface area contributed by atoms with Crippen LogP contribution in [0.4, 0.5) is 4.79 Å². The van der Waals surface area contributed by atoms with Crippen molar-refractivity contribution in [2.24, 2.45) is 0 Å². The topological polar surface area (TPSA) is 52.6 Å². The van der Waals surface area contributed by atoms with Gasteiger partial charge in [0.05, 0.1) is 0 Å². The van der Waals surface area contributed by atoms with Crippen molar-refractivity contribution in [1.29, 1.82) is 0 Å². The summed E-state index contributed by atoms with van der Waals surface area (Å²) in [6.07, 6.45) is 1.35. The standard InChI is InChI=1S/C15H21N3O2/c1-17(2)9-6-10-18-14(19)13(16-15(18)20)11-12-7-4-3-5-8-12/h3-5,7-8,13H,6,9-11H2,1-2H3,(H,16,20)/t13-/m1/s1. The Balaban J connectivity index is 1.91. The van der Waals surface area contributed by atoms with Crippen molar-refractivity contribution in [2.75, 3.05) is 27.2 Å². The summed E-state index contributed by atoms with van der Waals surface area (Å²) < 4.78 is 0. The Labute approximate surface area is 119 Å². The van der Waals surface area contributed by atoms with E-state index in [9.17, 15) is 9.59 Å². The molecule has 0 spiro atoms. The van der Waals surface area contributed by atoms with Crippen molar-refractivity contribution in [1.82, 2.24) is 15.1 Å². The van der Waals surface area contributed by atoms with Crippen molar-refractivity contribution in [3.63, 3.8) is 0 Å². The van der Waals surface area contributed by atoms with Crippen LogP contribution < -0.4 is 5.32 Å². The number of nitrogens with one attached hydrogen (secondary N) is 1. The molecule has 0 aromatic heterocycles. The second-order valence-electron chi connectivity index (χ2n) is 5.34. The third kappa shape index (κ3) is 3.57. The monoisotopic (exact) mass is 275 g/mol. The average molecular weight is 275 g/mol. The molecule has 0 aliphatic carbocycles. The molecule has 20 heavy (non-hydrogen) atoms. The first-order valence-corrected chi connectivity index (χ1v) is 6.88. The molecule has 2 rings (SSSR count). The van der Waals surface area contributed by atoms with E-state index in [2.05, 4.69) is 5.32 Å². The molecule has 0 radical (unpaired) electrons. The van der Waals surface area contributed by atoms with Gasteiger partial charge in [0.25, 0.3) is 5.91 Å². The maximum Gasteiger partial charge on any atom is 0.324 e. The first-order valence-electron chi connectivity index (χ1n) is 6.88. The minimum Gasteiger partial charge on any atom is -0.325 e. The summed E-state index contributed by atoms with van der Waals surface area (Å²) in [7, 11) is 3.95. The number of imide groups is 1. The lowest BCUT2D eigenvalue weighted by atomic mass is 10.1. The van der Waals surface area contributed by atoms with Crippen LogP contribution in [0, 0.1) is 0 Å². The van der Waals surface area contributed by atoms with Gasteiger partial charge in [0.15, 0.2) is 0 Å². The van der Waals surface area contributed by atoms with Gasteiger partial charge in [0.2, 0.25) is 0 Å². The maximum atomic E-state index is 12.2. The minimum atomic E-state index is -0.427. The van der Waals surface area contributed by atoms with Gasteiger partial charge in [-0.3, -0.25) is 9.69 Å². The molecule has 0 saturated carbocycles. The van der Waals surface area contributed by atoms with Crippen LogP contribution in [-0.2, 0) is 11.2 Å². The SMILES string of the molecule is CN(C)CCCN1C(=O)N[C@H](Cc2ccccc2)C1=O. The molecule has 0 unspecified atom stereocenters. The third-order valence-electron chi connectivity index (χ3n) is 3.38. The van der Waals surface area contributed by atoms with Crippen molar-refractivity contribution in [3.8, 4) is 0 Å². The van der Waals surface area contributed by atoms with Gasteiger partial charge < -0.3 is 10.2 Å². The molecule has 1 aromatic carbocycles. The van der Waals surface area contributed by atoms with Crippen LogP contribution in [0.1, 0.15) is 12.0 Å². The minimum absolute atomic E-state index is 0.113. The van der Waals surface area contributed by atoms with E-state index in [1.807, 2.05) is 49.3 Å². The van der Waals surface area contributed by atoms with Crippen LogP contribution in [0.15, 0.2) is 30.3 Å². The quantitative estimate of drug-likeness (QED) is 0.791. The fraction of sp³-hybridized carbons (Fsp3) is 0.467. The molecule has 1 N–H and O–H groups in total. The van der Waals surface area contributed by atoms with Crippen LogP contribution in [0.5, 0.6) is 0 Å². The van der Waals surface area contributed by atoms with Gasteiger partial charge in [-0.2, -0.15) is 0 Å². The summed E-state index contributed by atoms with van der Waals surface area (Å²) >= 11 is 0. The number of carbonyl (C=O) groups is 2. The Hall–Kier alpha value is -1.88. The fourth-order valence-electron chi connectivity index (χ4n) is 2.32. The Bertz CT molecular complexity index is 473. The van der Waals surface area contributed by atoms with E-state index in [1.165, 1.54) is 4.90 Å². The Morgan fingerprint density at radius 1 is 1.20 bits per heavy atom. The molecule has 1 aliphatic rings. The summed E-state index contributed by atoms with van der Waals surface area (Å²) in [4.78, 5) is 27.4. The van der Waals surface area contributed by atoms with E-state index in [-0.39, 0.29) is 11.9 Å². The van der Waals surface area contributed by atoms with Gasteiger partial charge in [-0.15, -0.1) is 0 Å². The number of carbonyl (C=O) groups excluding carboxylic acids is 2. The zero-order chi connectivity index (χ0) is 14.5. The third-order valence-corrected chi connectivity index (χ3v) is 3.38. The highest BCUT2D eigenvalue weighted by Crippen LogP contribution is 2.12. The smallest absolute Gasteiger partial charge is 0.324 e. The molecule has 1 fully saturated rings. The Morgan fingerprint density at radius 3 is 2.55 bits per heavy atom. The highest BCUT2D eigenvalue weighted by Gasteiger charge is 2.37. The summed E-state index contributed by atoms with van der Waals surface area (Å²) in [5.74, 6) is -0.113. The molecular weight excluding hydrogens is 254 g/mol. The normalized spacial score (nSPS) is 18.8. The number of nitrogens with zero attached hydrogens (tertiary/aromatic N) is 2. The number of rotatable bonds is 6. The highest BCUT2D eigenvalue weighted by molar-refractivity contribution is 6.04. The Kier molecular flexibility index (Phi) is 4.74. The van der Waals surface area contributed by atoms with Gasteiger partial charge in [-0.05, 0) is 32.6 Å². The largest absolute Gasteiger partial charge is 0.325 e. The summed E-state index contributed by atoms with van der Waals surface area (Å²) in [5.41, 5.74) is 1.06. The zero-order valence-corrected chi connectivity index (χ0v) is 12.0. The van der Waals surface area contributed by atoms with E-state index in [4.69, 9.17) is 0 Å². The number of hydrogen-bond acceptors (Lipinski definition) is 3. The zero-order valence-electron chi connectivity index (χ0n) is 12.0. The number of benzene rings is 1. The van der Waals surface area contributed by atoms with Crippen molar-refractivity contribution >= 4 is 11.9 Å². The van der Waals surface area contributed by atoms with Gasteiger partial charge in [0.1, 0.15) is 6.04 Å². The van der Waals surface area contributed by atoms with Crippen molar-refractivity contribution < 1.29 is 9.59 Å². The first-order chi connectivity index (χ1) is 9.58. The molecule has 108 valence electrons. The molecule has 5 heteroatoms. The first kappa shape index (κ1) is 14.5. The van der Waals surface area contributed by atoms with Gasteiger partial charge in [0, 0.05) is 13.0 Å². The number of amides is 3. The lowest BCUT2D eigenvalue weighted by molar-refractivity contribution is -0.127. The van der Waals surface area contributed by atoms with E-state index in [0.29, 0.717) is 13.0 Å². The summed E-state index contributed by atoms with van der Waals surface area (Å²) in [5, 5.41) is 2.76. The van der Waals surface area contributed by atoms with Crippen LogP contribution in [0.2, 0.25) is 0 Å². The second kappa shape index (κ2) is 6.52. The van der Waals surface area contributed by atoms with Crippen molar-refractivity contribution in [2.45, 2.75) is 18.9 Å². The number of urea groups is 1. The molecule has 0 bridgehead atoms. The summed E-state index contributed by atoms with van der Waals surface area (Å²) in [6, 6.07) is 9.05. The highest BCUT2D eigenvalue weighted by atomic mass is 16.2. The van der Waals surface area contributed by atoms with E-state index in [1.54, 1.807) is 0 Å². The lowest BCUT2D eigenvalue weighted by Crippen LogP contribution is -2.34. The van der Waals surface area contributed by atoms with Crippen LogP contribution in [-0.4, -0.2) is 55.0 Å². The molecule has 1 heterocycles. The second-order valence-corrected chi connectivity index (χ2v) is 5.34. The van der Waals surface area contributed by atoms with E-state index >= 15 is 0 Å². The van der Waals surface area contributed by atoms with Crippen LogP contribution >= 0.6 is 0 Å². The number of hydrogen-bond donors (Lipinski definition) is 1. The maximum absolute atomic E-state index is 12.2. The van der Waals surface area contributed by atoms with E-state index in [0.717, 1.165) is 18.5 Å². The molecule has 5 nitrogen and oxygen atoms in total. The molecule has 1 aliphatic heterocycles. The van der Waals surface area contributed by atoms with Gasteiger partial charge in [-0.1, -0.05) is 30.3 Å². The average Bonchev–Trinajstić information content (AvgIpc) is 2.67. The van der Waals surface area contributed by atoms with Crippen LogP contribution in [0.3, 0.4) is 0 Å². The molecule has 1 atom stereocenters. The summed E-state index contributed by atoms with van der Waals surface area (Å²) in [6.45, 7) is 1.34. The fourth-order valence-corrected chi connectivity index (χ4v) is 2.32. The van der Waals surface area contributed by atoms with Gasteiger partial charge in [-0.25, -0.2) is 4.79 Å². The predicted molar refractivity (Wildman–Crippen MR) is 77.3 cm³/mol. The van der Waals surface area contributed by atoms with E-state index < -0.39 is 6.04 Å². The lowest BCUT2D eigenvalue weighted by Gasteiger charge is -2.15.